The van der Waals surface area contributed by atoms with Gasteiger partial charge in [0.1, 0.15) is 23.9 Å². The van der Waals surface area contributed by atoms with Gasteiger partial charge in [-0.05, 0) is 30.3 Å². The minimum absolute atomic E-state index is 0.0273. The van der Waals surface area contributed by atoms with Gasteiger partial charge in [-0.15, -0.1) is 0 Å². The van der Waals surface area contributed by atoms with Crippen molar-refractivity contribution in [2.45, 2.75) is 27.4 Å². The summed E-state index contributed by atoms with van der Waals surface area (Å²) < 4.78 is 23.8. The number of benzene rings is 1. The number of ether oxygens (including phenoxy) is 1. The number of nitrogens with one attached hydrogen (secondary N) is 1. The Kier molecular flexibility index (Phi) is 5.85. The molecule has 1 aromatic carbocycles. The van der Waals surface area contributed by atoms with E-state index < -0.39 is 17.1 Å². The molecule has 0 spiro atoms. The van der Waals surface area contributed by atoms with Gasteiger partial charge in [0.05, 0.1) is 11.6 Å². The van der Waals surface area contributed by atoms with E-state index in [9.17, 15) is 14.0 Å². The number of hydrogen-bond donors (Lipinski definition) is 1. The van der Waals surface area contributed by atoms with Gasteiger partial charge in [-0.1, -0.05) is 32.4 Å². The van der Waals surface area contributed by atoms with Crippen LogP contribution in [-0.2, 0) is 11.4 Å². The lowest BCUT2D eigenvalue weighted by molar-refractivity contribution is -0.125. The molecular weight excluding hydrogens is 349 g/mol. The Hall–Kier alpha value is -2.34. The number of carbonyl (C=O) groups excluding carboxylic acids is 2. The second-order valence-electron chi connectivity index (χ2n) is 6.49. The Morgan fingerprint density at radius 3 is 2.60 bits per heavy atom. The number of carbonyl (C=O) groups is 2. The van der Waals surface area contributed by atoms with E-state index in [0.717, 1.165) is 6.07 Å². The van der Waals surface area contributed by atoms with Gasteiger partial charge < -0.3 is 14.5 Å². The lowest BCUT2D eigenvalue weighted by Gasteiger charge is -2.16. The number of hydrogen-bond acceptors (Lipinski definition) is 4. The summed E-state index contributed by atoms with van der Waals surface area (Å²) in [5, 5.41) is 2.67. The number of halogens is 2. The molecule has 0 radical (unpaired) electrons. The molecule has 1 aromatic heterocycles. The van der Waals surface area contributed by atoms with E-state index in [2.05, 4.69) is 5.32 Å². The first-order valence-corrected chi connectivity index (χ1v) is 8.02. The zero-order valence-electron chi connectivity index (χ0n) is 14.2. The average Bonchev–Trinajstić information content (AvgIpc) is 2.99. The normalized spacial score (nSPS) is 11.2. The van der Waals surface area contributed by atoms with Crippen LogP contribution < -0.4 is 10.1 Å². The van der Waals surface area contributed by atoms with Crippen molar-refractivity contribution in [3.8, 4) is 5.75 Å². The van der Waals surface area contributed by atoms with Gasteiger partial charge in [-0.25, -0.2) is 4.39 Å². The first kappa shape index (κ1) is 19.0. The summed E-state index contributed by atoms with van der Waals surface area (Å²) in [4.78, 5) is 23.8. The monoisotopic (exact) mass is 367 g/mol. The zero-order chi connectivity index (χ0) is 18.6. The number of amides is 1. The summed E-state index contributed by atoms with van der Waals surface area (Å²) in [6.45, 7) is 5.30. The fourth-order valence-corrected chi connectivity index (χ4v) is 2.05. The van der Waals surface area contributed by atoms with Crippen molar-refractivity contribution in [3.63, 3.8) is 0 Å². The van der Waals surface area contributed by atoms with Crippen LogP contribution >= 0.6 is 11.6 Å². The van der Waals surface area contributed by atoms with Gasteiger partial charge in [0, 0.05) is 5.41 Å². The summed E-state index contributed by atoms with van der Waals surface area (Å²) in [7, 11) is 0. The second kappa shape index (κ2) is 7.70. The quantitative estimate of drug-likeness (QED) is 0.838. The van der Waals surface area contributed by atoms with Crippen LogP contribution in [0.4, 0.5) is 4.39 Å². The van der Waals surface area contributed by atoms with Crippen molar-refractivity contribution in [1.82, 2.24) is 5.32 Å². The van der Waals surface area contributed by atoms with E-state index >= 15 is 0 Å². The molecule has 0 aliphatic carbocycles. The lowest BCUT2D eigenvalue weighted by Crippen LogP contribution is -2.35. The van der Waals surface area contributed by atoms with Crippen LogP contribution in [-0.4, -0.2) is 18.2 Å². The number of furan rings is 1. The predicted molar refractivity (Wildman–Crippen MR) is 91.2 cm³/mol. The van der Waals surface area contributed by atoms with E-state index in [1.54, 1.807) is 26.8 Å². The molecule has 7 heteroatoms. The maximum absolute atomic E-state index is 13.0. The highest BCUT2D eigenvalue weighted by atomic mass is 35.5. The Labute approximate surface area is 150 Å². The molecule has 25 heavy (non-hydrogen) atoms. The molecule has 0 bridgehead atoms. The van der Waals surface area contributed by atoms with E-state index in [-0.39, 0.29) is 29.7 Å². The summed E-state index contributed by atoms with van der Waals surface area (Å²) in [6.07, 6.45) is 0. The van der Waals surface area contributed by atoms with E-state index in [1.807, 2.05) is 0 Å². The summed E-state index contributed by atoms with van der Waals surface area (Å²) in [5.74, 6) is -0.246. The van der Waals surface area contributed by atoms with Crippen molar-refractivity contribution in [1.29, 1.82) is 0 Å². The summed E-state index contributed by atoms with van der Waals surface area (Å²) in [5.41, 5.74) is -0.524. The third kappa shape index (κ3) is 5.32. The standard InChI is InChI=1S/C18H19ClFNO4/c1-18(2,3)16(22)9-21-17(23)15-7-5-12(25-15)10-24-14-6-4-11(20)8-13(14)19/h4-8H,9-10H2,1-3H3,(H,21,23). The summed E-state index contributed by atoms with van der Waals surface area (Å²) in [6, 6.07) is 6.85. The minimum Gasteiger partial charge on any atom is -0.484 e. The van der Waals surface area contributed by atoms with Crippen molar-refractivity contribution in [2.24, 2.45) is 5.41 Å². The molecule has 0 aliphatic rings. The van der Waals surface area contributed by atoms with Crippen LogP contribution in [0.3, 0.4) is 0 Å². The Morgan fingerprint density at radius 1 is 1.24 bits per heavy atom. The van der Waals surface area contributed by atoms with Crippen LogP contribution in [0.25, 0.3) is 0 Å². The van der Waals surface area contributed by atoms with Crippen molar-refractivity contribution in [2.75, 3.05) is 6.54 Å². The van der Waals surface area contributed by atoms with Gasteiger partial charge in [0.2, 0.25) is 0 Å². The molecule has 2 rings (SSSR count). The first-order valence-electron chi connectivity index (χ1n) is 7.65. The maximum Gasteiger partial charge on any atom is 0.287 e. The third-order valence-electron chi connectivity index (χ3n) is 3.40. The van der Waals surface area contributed by atoms with Crippen LogP contribution in [0.2, 0.25) is 5.02 Å². The largest absolute Gasteiger partial charge is 0.484 e. The molecule has 0 atom stereocenters. The molecule has 1 N–H and O–H groups in total. The van der Waals surface area contributed by atoms with Crippen LogP contribution in [0.1, 0.15) is 37.1 Å². The highest BCUT2D eigenvalue weighted by molar-refractivity contribution is 6.32. The summed E-state index contributed by atoms with van der Waals surface area (Å²) >= 11 is 5.87. The van der Waals surface area contributed by atoms with Gasteiger partial charge in [0.15, 0.2) is 11.5 Å². The molecule has 0 unspecified atom stereocenters. The molecule has 134 valence electrons. The number of ketones is 1. The van der Waals surface area contributed by atoms with Crippen molar-refractivity contribution < 1.29 is 23.1 Å². The Morgan fingerprint density at radius 2 is 1.96 bits per heavy atom. The first-order chi connectivity index (χ1) is 11.7. The minimum atomic E-state index is -0.524. The molecule has 0 aliphatic heterocycles. The fraction of sp³-hybridized carbons (Fsp3) is 0.333. The van der Waals surface area contributed by atoms with Gasteiger partial charge in [0.25, 0.3) is 5.91 Å². The van der Waals surface area contributed by atoms with Gasteiger partial charge in [-0.3, -0.25) is 9.59 Å². The second-order valence-corrected chi connectivity index (χ2v) is 6.89. The third-order valence-corrected chi connectivity index (χ3v) is 3.69. The van der Waals surface area contributed by atoms with E-state index in [1.165, 1.54) is 18.2 Å². The van der Waals surface area contributed by atoms with Gasteiger partial charge >= 0.3 is 0 Å². The van der Waals surface area contributed by atoms with Crippen molar-refractivity contribution >= 4 is 23.3 Å². The fourth-order valence-electron chi connectivity index (χ4n) is 1.83. The average molecular weight is 368 g/mol. The van der Waals surface area contributed by atoms with Crippen LogP contribution in [0, 0.1) is 11.2 Å². The van der Waals surface area contributed by atoms with E-state index in [4.69, 9.17) is 20.8 Å². The highest BCUT2D eigenvalue weighted by Gasteiger charge is 2.22. The smallest absolute Gasteiger partial charge is 0.287 e. The molecule has 1 heterocycles. The number of rotatable bonds is 6. The maximum atomic E-state index is 13.0. The Balaban J connectivity index is 1.91. The molecule has 0 saturated heterocycles. The topological polar surface area (TPSA) is 68.5 Å². The van der Waals surface area contributed by atoms with Crippen LogP contribution in [0.15, 0.2) is 34.7 Å². The number of Topliss-reactive ketones (excluding diaryl/α,β-unsaturated/α-hetero) is 1. The molecule has 0 saturated carbocycles. The molecule has 1 amide bonds. The van der Waals surface area contributed by atoms with Crippen molar-refractivity contribution in [3.05, 3.63) is 52.7 Å². The predicted octanol–water partition coefficient (Wildman–Crippen LogP) is 4.00. The molecule has 5 nitrogen and oxygen atoms in total. The highest BCUT2D eigenvalue weighted by Crippen LogP contribution is 2.26. The molecular formula is C18H19ClFNO4. The van der Waals surface area contributed by atoms with Crippen LogP contribution in [0.5, 0.6) is 5.75 Å². The van der Waals surface area contributed by atoms with Gasteiger partial charge in [-0.2, -0.15) is 0 Å². The molecule has 2 aromatic rings. The SMILES string of the molecule is CC(C)(C)C(=O)CNC(=O)c1ccc(COc2ccc(F)cc2Cl)o1. The molecule has 0 fully saturated rings. The van der Waals surface area contributed by atoms with E-state index in [0.29, 0.717) is 11.5 Å². The Bertz CT molecular complexity index is 780. The lowest BCUT2D eigenvalue weighted by atomic mass is 9.91. The zero-order valence-corrected chi connectivity index (χ0v) is 14.9.